The Morgan fingerprint density at radius 3 is 2.22 bits per heavy atom. The largest absolute Gasteiger partial charge is 0.489 e. The van der Waals surface area contributed by atoms with Crippen LogP contribution in [0.4, 0.5) is 0 Å². The van der Waals surface area contributed by atoms with Crippen LogP contribution in [0.3, 0.4) is 0 Å². The predicted octanol–water partition coefficient (Wildman–Crippen LogP) is 3.92. The van der Waals surface area contributed by atoms with Crippen molar-refractivity contribution in [3.63, 3.8) is 0 Å². The summed E-state index contributed by atoms with van der Waals surface area (Å²) in [5, 5.41) is 9.41. The van der Waals surface area contributed by atoms with Crippen molar-refractivity contribution in [3.05, 3.63) is 63.2 Å². The van der Waals surface area contributed by atoms with Crippen LogP contribution in [0.25, 0.3) is 0 Å². The average molecular weight is 354 g/mol. The van der Waals surface area contributed by atoms with Crippen molar-refractivity contribution in [1.29, 1.82) is 0 Å². The van der Waals surface area contributed by atoms with E-state index in [1.54, 1.807) is 6.92 Å². The first-order chi connectivity index (χ1) is 8.65. The Balaban J connectivity index is 1.95. The number of halogens is 1. The first-order valence-corrected chi connectivity index (χ1v) is 6.88. The van der Waals surface area contributed by atoms with Crippen LogP contribution in [-0.2, 0) is 6.61 Å². The topological polar surface area (TPSA) is 29.5 Å². The summed E-state index contributed by atoms with van der Waals surface area (Å²) in [5.74, 6) is 0.818. The lowest BCUT2D eigenvalue weighted by Gasteiger charge is -2.08. The summed E-state index contributed by atoms with van der Waals surface area (Å²) in [4.78, 5) is 0. The van der Waals surface area contributed by atoms with Gasteiger partial charge in [-0.3, -0.25) is 0 Å². The molecule has 3 heteroatoms. The fourth-order valence-electron chi connectivity index (χ4n) is 1.59. The first kappa shape index (κ1) is 13.4. The smallest absolute Gasteiger partial charge is 0.119 e. The Labute approximate surface area is 121 Å². The number of aliphatic hydroxyl groups is 1. The lowest BCUT2D eigenvalue weighted by atomic mass is 10.1. The predicted molar refractivity (Wildman–Crippen MR) is 80.6 cm³/mol. The van der Waals surface area contributed by atoms with Crippen molar-refractivity contribution in [2.24, 2.45) is 0 Å². The van der Waals surface area contributed by atoms with Crippen molar-refractivity contribution in [1.82, 2.24) is 0 Å². The molecule has 2 nitrogen and oxygen atoms in total. The number of aliphatic hydroxyl groups excluding tert-OH is 1. The molecule has 0 spiro atoms. The van der Waals surface area contributed by atoms with Crippen molar-refractivity contribution in [2.75, 3.05) is 0 Å². The van der Waals surface area contributed by atoms with Crippen molar-refractivity contribution in [2.45, 2.75) is 19.6 Å². The van der Waals surface area contributed by atoms with Crippen LogP contribution in [0.5, 0.6) is 5.75 Å². The summed E-state index contributed by atoms with van der Waals surface area (Å²) in [5.41, 5.74) is 2.05. The van der Waals surface area contributed by atoms with Gasteiger partial charge in [-0.05, 0) is 64.9 Å². The van der Waals surface area contributed by atoms with Gasteiger partial charge in [0.1, 0.15) is 12.4 Å². The van der Waals surface area contributed by atoms with Crippen LogP contribution in [0, 0.1) is 3.57 Å². The molecule has 1 atom stereocenters. The number of ether oxygens (including phenoxy) is 1. The van der Waals surface area contributed by atoms with Gasteiger partial charge >= 0.3 is 0 Å². The van der Waals surface area contributed by atoms with Gasteiger partial charge in [0.25, 0.3) is 0 Å². The van der Waals surface area contributed by atoms with Crippen LogP contribution in [0.15, 0.2) is 48.5 Å². The van der Waals surface area contributed by atoms with Gasteiger partial charge < -0.3 is 9.84 Å². The maximum atomic E-state index is 9.41. The van der Waals surface area contributed by atoms with E-state index in [0.29, 0.717) is 6.61 Å². The molecule has 0 saturated heterocycles. The monoisotopic (exact) mass is 354 g/mol. The molecule has 0 aliphatic heterocycles. The zero-order chi connectivity index (χ0) is 13.0. The van der Waals surface area contributed by atoms with E-state index in [4.69, 9.17) is 4.74 Å². The molecule has 1 N–H and O–H groups in total. The number of hydrogen-bond acceptors (Lipinski definition) is 2. The minimum absolute atomic E-state index is 0.435. The van der Waals surface area contributed by atoms with Crippen molar-refractivity contribution in [3.8, 4) is 5.75 Å². The van der Waals surface area contributed by atoms with Crippen LogP contribution in [0.1, 0.15) is 24.2 Å². The van der Waals surface area contributed by atoms with Gasteiger partial charge in [0, 0.05) is 3.57 Å². The van der Waals surface area contributed by atoms with Gasteiger partial charge in [-0.2, -0.15) is 0 Å². The van der Waals surface area contributed by atoms with E-state index in [2.05, 4.69) is 46.9 Å². The molecule has 0 aromatic heterocycles. The number of hydrogen-bond donors (Lipinski definition) is 1. The zero-order valence-electron chi connectivity index (χ0n) is 10.1. The fourth-order valence-corrected chi connectivity index (χ4v) is 1.95. The summed E-state index contributed by atoms with van der Waals surface area (Å²) >= 11 is 2.28. The SMILES string of the molecule is C[C@@H](O)c1ccc(OCc2ccc(I)cc2)cc1. The molecule has 0 unspecified atom stereocenters. The Kier molecular flexibility index (Phi) is 4.60. The molecule has 18 heavy (non-hydrogen) atoms. The van der Waals surface area contributed by atoms with Crippen LogP contribution < -0.4 is 4.74 Å². The molecular formula is C15H15IO2. The third kappa shape index (κ3) is 3.71. The summed E-state index contributed by atoms with van der Waals surface area (Å²) in [6, 6.07) is 15.8. The van der Waals surface area contributed by atoms with E-state index < -0.39 is 6.10 Å². The second-order valence-electron chi connectivity index (χ2n) is 4.16. The van der Waals surface area contributed by atoms with Crippen LogP contribution in [0.2, 0.25) is 0 Å². The summed E-state index contributed by atoms with van der Waals surface area (Å²) < 4.78 is 6.90. The Morgan fingerprint density at radius 2 is 1.67 bits per heavy atom. The Morgan fingerprint density at radius 1 is 1.06 bits per heavy atom. The summed E-state index contributed by atoms with van der Waals surface area (Å²) in [7, 11) is 0. The molecule has 0 amide bonds. The quantitative estimate of drug-likeness (QED) is 0.844. The highest BCUT2D eigenvalue weighted by atomic mass is 127. The van der Waals surface area contributed by atoms with E-state index in [0.717, 1.165) is 16.9 Å². The zero-order valence-corrected chi connectivity index (χ0v) is 12.3. The number of benzene rings is 2. The molecule has 0 fully saturated rings. The highest BCUT2D eigenvalue weighted by molar-refractivity contribution is 14.1. The van der Waals surface area contributed by atoms with Crippen LogP contribution in [-0.4, -0.2) is 5.11 Å². The van der Waals surface area contributed by atoms with E-state index >= 15 is 0 Å². The van der Waals surface area contributed by atoms with Gasteiger partial charge in [0.2, 0.25) is 0 Å². The molecule has 94 valence electrons. The van der Waals surface area contributed by atoms with E-state index in [1.807, 2.05) is 24.3 Å². The van der Waals surface area contributed by atoms with Gasteiger partial charge in [0.15, 0.2) is 0 Å². The fraction of sp³-hybridized carbons (Fsp3) is 0.200. The second kappa shape index (κ2) is 6.20. The van der Waals surface area contributed by atoms with E-state index in [9.17, 15) is 5.11 Å². The lowest BCUT2D eigenvalue weighted by Crippen LogP contribution is -1.96. The first-order valence-electron chi connectivity index (χ1n) is 5.80. The van der Waals surface area contributed by atoms with Crippen molar-refractivity contribution < 1.29 is 9.84 Å². The molecular weight excluding hydrogens is 339 g/mol. The average Bonchev–Trinajstić information content (AvgIpc) is 2.38. The molecule has 0 aliphatic carbocycles. The second-order valence-corrected chi connectivity index (χ2v) is 5.41. The highest BCUT2D eigenvalue weighted by Crippen LogP contribution is 2.18. The van der Waals surface area contributed by atoms with Crippen LogP contribution >= 0.6 is 22.6 Å². The molecule has 2 aromatic carbocycles. The molecule has 0 heterocycles. The Bertz CT molecular complexity index is 489. The molecule has 0 radical (unpaired) electrons. The van der Waals surface area contributed by atoms with Gasteiger partial charge in [-0.15, -0.1) is 0 Å². The summed E-state index contributed by atoms with van der Waals surface area (Å²) in [6.45, 7) is 2.31. The van der Waals surface area contributed by atoms with Gasteiger partial charge in [-0.25, -0.2) is 0 Å². The van der Waals surface area contributed by atoms with E-state index in [-0.39, 0.29) is 0 Å². The highest BCUT2D eigenvalue weighted by Gasteiger charge is 2.01. The molecule has 0 aliphatic rings. The number of rotatable bonds is 4. The van der Waals surface area contributed by atoms with Crippen molar-refractivity contribution >= 4 is 22.6 Å². The van der Waals surface area contributed by atoms with E-state index in [1.165, 1.54) is 3.57 Å². The lowest BCUT2D eigenvalue weighted by molar-refractivity contribution is 0.199. The minimum Gasteiger partial charge on any atom is -0.489 e. The summed E-state index contributed by atoms with van der Waals surface area (Å²) in [6.07, 6.45) is -0.435. The van der Waals surface area contributed by atoms with Gasteiger partial charge in [-0.1, -0.05) is 24.3 Å². The standard InChI is InChI=1S/C15H15IO2/c1-11(17)13-4-8-15(9-5-13)18-10-12-2-6-14(16)7-3-12/h2-9,11,17H,10H2,1H3/t11-/m1/s1. The molecule has 2 rings (SSSR count). The third-order valence-corrected chi connectivity index (χ3v) is 3.40. The maximum absolute atomic E-state index is 9.41. The maximum Gasteiger partial charge on any atom is 0.119 e. The molecule has 0 bridgehead atoms. The molecule has 2 aromatic rings. The molecule has 0 saturated carbocycles. The van der Waals surface area contributed by atoms with Gasteiger partial charge in [0.05, 0.1) is 6.10 Å². The third-order valence-electron chi connectivity index (χ3n) is 2.68. The Hall–Kier alpha value is -1.07. The normalized spacial score (nSPS) is 12.2. The minimum atomic E-state index is -0.435.